The van der Waals surface area contributed by atoms with E-state index in [0.717, 1.165) is 19.0 Å². The van der Waals surface area contributed by atoms with Crippen LogP contribution in [-0.4, -0.2) is 18.6 Å². The van der Waals surface area contributed by atoms with Crippen molar-refractivity contribution in [3.8, 4) is 0 Å². The molecule has 0 atom stereocenters. The average Bonchev–Trinajstić information content (AvgIpc) is 1.75. The summed E-state index contributed by atoms with van der Waals surface area (Å²) in [7, 11) is 0. The van der Waals surface area contributed by atoms with E-state index < -0.39 is 0 Å². The van der Waals surface area contributed by atoms with E-state index in [4.69, 9.17) is 5.73 Å². The second kappa shape index (κ2) is 4.19. The third kappa shape index (κ3) is 3.58. The highest BCUT2D eigenvalue weighted by molar-refractivity contribution is 4.87. The largest absolute Gasteiger partial charge is 0.324 e. The second-order valence-corrected chi connectivity index (χ2v) is 6.21. The molecule has 0 amide bonds. The van der Waals surface area contributed by atoms with Crippen molar-refractivity contribution in [3.05, 3.63) is 0 Å². The van der Waals surface area contributed by atoms with Crippen LogP contribution in [0.4, 0.5) is 0 Å². The Balaban J connectivity index is 2.22. The highest BCUT2D eigenvalue weighted by Crippen LogP contribution is 2.41. The molecule has 1 saturated carbocycles. The van der Waals surface area contributed by atoms with E-state index in [9.17, 15) is 0 Å². The van der Waals surface area contributed by atoms with Crippen LogP contribution in [0.5, 0.6) is 0 Å². The van der Waals surface area contributed by atoms with Gasteiger partial charge in [0.2, 0.25) is 0 Å². The van der Waals surface area contributed by atoms with Crippen molar-refractivity contribution in [1.82, 2.24) is 5.32 Å². The molecule has 2 heteroatoms. The molecule has 1 aliphatic rings. The number of hydrogen-bond acceptors (Lipinski definition) is 2. The molecule has 1 fully saturated rings. The standard InChI is InChI=1S/C12H26N2/c1-11(2,10-6-5-7-10)8-14-9-12(3,4)13/h10,14H,5-9,13H2,1-4H3. The predicted octanol–water partition coefficient (Wildman–Crippen LogP) is 2.14. The molecule has 84 valence electrons. The number of hydrogen-bond donors (Lipinski definition) is 2. The predicted molar refractivity (Wildman–Crippen MR) is 62.3 cm³/mol. The van der Waals surface area contributed by atoms with Gasteiger partial charge in [0.15, 0.2) is 0 Å². The zero-order valence-corrected chi connectivity index (χ0v) is 10.2. The van der Waals surface area contributed by atoms with Crippen molar-refractivity contribution >= 4 is 0 Å². The molecule has 14 heavy (non-hydrogen) atoms. The van der Waals surface area contributed by atoms with Crippen LogP contribution in [0.1, 0.15) is 47.0 Å². The first-order valence-electron chi connectivity index (χ1n) is 5.81. The van der Waals surface area contributed by atoms with Gasteiger partial charge in [0.1, 0.15) is 0 Å². The smallest absolute Gasteiger partial charge is 0.0223 e. The summed E-state index contributed by atoms with van der Waals surface area (Å²) in [6.07, 6.45) is 4.26. The number of nitrogens with one attached hydrogen (secondary N) is 1. The molecule has 0 aromatic rings. The van der Waals surface area contributed by atoms with E-state index in [1.807, 2.05) is 0 Å². The van der Waals surface area contributed by atoms with Crippen LogP contribution in [0.25, 0.3) is 0 Å². The quantitative estimate of drug-likeness (QED) is 0.710. The molecule has 0 spiro atoms. The maximum Gasteiger partial charge on any atom is 0.0223 e. The van der Waals surface area contributed by atoms with E-state index in [0.29, 0.717) is 5.41 Å². The molecule has 0 unspecified atom stereocenters. The summed E-state index contributed by atoms with van der Waals surface area (Å²) in [5, 5.41) is 3.49. The molecule has 0 aromatic carbocycles. The van der Waals surface area contributed by atoms with Gasteiger partial charge >= 0.3 is 0 Å². The fourth-order valence-corrected chi connectivity index (χ4v) is 2.04. The summed E-state index contributed by atoms with van der Waals surface area (Å²) in [4.78, 5) is 0. The lowest BCUT2D eigenvalue weighted by Gasteiger charge is -2.41. The lowest BCUT2D eigenvalue weighted by atomic mass is 9.67. The molecular formula is C12H26N2. The summed E-state index contributed by atoms with van der Waals surface area (Å²) in [5.41, 5.74) is 6.29. The van der Waals surface area contributed by atoms with Gasteiger partial charge in [-0.3, -0.25) is 0 Å². The van der Waals surface area contributed by atoms with Crippen LogP contribution in [0.2, 0.25) is 0 Å². The molecule has 0 saturated heterocycles. The third-order valence-corrected chi connectivity index (χ3v) is 3.37. The number of rotatable bonds is 5. The molecule has 0 bridgehead atoms. The Morgan fingerprint density at radius 3 is 2.07 bits per heavy atom. The molecule has 1 aliphatic carbocycles. The fraction of sp³-hybridized carbons (Fsp3) is 1.00. The maximum atomic E-state index is 5.92. The van der Waals surface area contributed by atoms with Gasteiger partial charge in [-0.2, -0.15) is 0 Å². The minimum atomic E-state index is -0.0876. The minimum absolute atomic E-state index is 0.0876. The summed E-state index contributed by atoms with van der Waals surface area (Å²) >= 11 is 0. The molecule has 0 aliphatic heterocycles. The van der Waals surface area contributed by atoms with Crippen molar-refractivity contribution in [1.29, 1.82) is 0 Å². The fourth-order valence-electron chi connectivity index (χ4n) is 2.04. The first-order valence-corrected chi connectivity index (χ1v) is 5.81. The van der Waals surface area contributed by atoms with Crippen LogP contribution in [-0.2, 0) is 0 Å². The Labute approximate surface area is 88.6 Å². The summed E-state index contributed by atoms with van der Waals surface area (Å²) in [5.74, 6) is 0.927. The van der Waals surface area contributed by atoms with Gasteiger partial charge in [0.25, 0.3) is 0 Å². The molecule has 2 nitrogen and oxygen atoms in total. The first kappa shape index (κ1) is 12.0. The van der Waals surface area contributed by atoms with Gasteiger partial charge in [0, 0.05) is 18.6 Å². The Morgan fingerprint density at radius 2 is 1.71 bits per heavy atom. The van der Waals surface area contributed by atoms with Crippen LogP contribution >= 0.6 is 0 Å². The van der Waals surface area contributed by atoms with Crippen LogP contribution in [0, 0.1) is 11.3 Å². The summed E-state index contributed by atoms with van der Waals surface area (Å²) in [6, 6.07) is 0. The molecule has 0 aromatic heterocycles. The highest BCUT2D eigenvalue weighted by Gasteiger charge is 2.33. The first-order chi connectivity index (χ1) is 6.31. The Kier molecular flexibility index (Phi) is 3.59. The van der Waals surface area contributed by atoms with Crippen LogP contribution in [0.15, 0.2) is 0 Å². The molecule has 0 heterocycles. The van der Waals surface area contributed by atoms with Crippen LogP contribution in [0.3, 0.4) is 0 Å². The SMILES string of the molecule is CC(C)(N)CNCC(C)(C)C1CCC1. The monoisotopic (exact) mass is 198 g/mol. The van der Waals surface area contributed by atoms with E-state index in [1.165, 1.54) is 19.3 Å². The maximum absolute atomic E-state index is 5.92. The molecule has 1 rings (SSSR count). The molecule has 0 radical (unpaired) electrons. The molecular weight excluding hydrogens is 172 g/mol. The normalized spacial score (nSPS) is 19.5. The van der Waals surface area contributed by atoms with Gasteiger partial charge in [-0.1, -0.05) is 20.3 Å². The average molecular weight is 198 g/mol. The van der Waals surface area contributed by atoms with Gasteiger partial charge in [0.05, 0.1) is 0 Å². The third-order valence-electron chi connectivity index (χ3n) is 3.37. The van der Waals surface area contributed by atoms with Crippen molar-refractivity contribution < 1.29 is 0 Å². The van der Waals surface area contributed by atoms with Gasteiger partial charge in [-0.25, -0.2) is 0 Å². The second-order valence-electron chi connectivity index (χ2n) is 6.21. The zero-order chi connectivity index (χ0) is 10.8. The zero-order valence-electron chi connectivity index (χ0n) is 10.2. The van der Waals surface area contributed by atoms with E-state index in [2.05, 4.69) is 33.0 Å². The minimum Gasteiger partial charge on any atom is -0.324 e. The lowest BCUT2D eigenvalue weighted by Crippen LogP contribution is -2.47. The topological polar surface area (TPSA) is 38.0 Å². The molecule has 3 N–H and O–H groups in total. The summed E-state index contributed by atoms with van der Waals surface area (Å²) in [6.45, 7) is 10.9. The lowest BCUT2D eigenvalue weighted by molar-refractivity contribution is 0.117. The Bertz CT molecular complexity index is 175. The summed E-state index contributed by atoms with van der Waals surface area (Å²) < 4.78 is 0. The van der Waals surface area contributed by atoms with E-state index >= 15 is 0 Å². The highest BCUT2D eigenvalue weighted by atomic mass is 14.9. The van der Waals surface area contributed by atoms with Gasteiger partial charge in [-0.15, -0.1) is 0 Å². The van der Waals surface area contributed by atoms with E-state index in [1.54, 1.807) is 0 Å². The van der Waals surface area contributed by atoms with Crippen molar-refractivity contribution in [2.24, 2.45) is 17.1 Å². The number of nitrogens with two attached hydrogens (primary N) is 1. The Hall–Kier alpha value is -0.0800. The van der Waals surface area contributed by atoms with Gasteiger partial charge < -0.3 is 11.1 Å². The van der Waals surface area contributed by atoms with Gasteiger partial charge in [-0.05, 0) is 38.0 Å². The van der Waals surface area contributed by atoms with Crippen LogP contribution < -0.4 is 11.1 Å². The van der Waals surface area contributed by atoms with E-state index in [-0.39, 0.29) is 5.54 Å². The van der Waals surface area contributed by atoms with Crippen molar-refractivity contribution in [3.63, 3.8) is 0 Å². The van der Waals surface area contributed by atoms with Crippen molar-refractivity contribution in [2.45, 2.75) is 52.5 Å². The Morgan fingerprint density at radius 1 is 1.14 bits per heavy atom. The van der Waals surface area contributed by atoms with Crippen molar-refractivity contribution in [2.75, 3.05) is 13.1 Å².